The smallest absolute Gasteiger partial charge is 0.319 e. The van der Waals surface area contributed by atoms with Crippen LogP contribution in [-0.2, 0) is 9.53 Å². The lowest BCUT2D eigenvalue weighted by Gasteiger charge is -2.17. The molecule has 0 aliphatic rings. The first-order valence-corrected chi connectivity index (χ1v) is 5.96. The summed E-state index contributed by atoms with van der Waals surface area (Å²) in [5.41, 5.74) is 0. The Kier molecular flexibility index (Phi) is 8.38. The van der Waals surface area contributed by atoms with Crippen molar-refractivity contribution < 1.29 is 9.53 Å². The maximum atomic E-state index is 11.1. The van der Waals surface area contributed by atoms with Crippen molar-refractivity contribution in [1.29, 1.82) is 0 Å². The van der Waals surface area contributed by atoms with E-state index in [1.54, 1.807) is 0 Å². The molecule has 1 N–H and O–H groups in total. The maximum Gasteiger partial charge on any atom is 0.319 e. The van der Waals surface area contributed by atoms with Crippen LogP contribution in [0.1, 0.15) is 40.5 Å². The summed E-state index contributed by atoms with van der Waals surface area (Å²) < 4.78 is 4.84. The Balaban J connectivity index is 3.58. The minimum Gasteiger partial charge on any atom is -0.465 e. The molecule has 0 aromatic heterocycles. The van der Waals surface area contributed by atoms with Gasteiger partial charge in [0.15, 0.2) is 0 Å². The van der Waals surface area contributed by atoms with E-state index in [2.05, 4.69) is 26.1 Å². The first kappa shape index (κ1) is 14.4. The largest absolute Gasteiger partial charge is 0.465 e. The van der Waals surface area contributed by atoms with Gasteiger partial charge in [0, 0.05) is 0 Å². The maximum absolute atomic E-state index is 11.1. The van der Waals surface area contributed by atoms with Crippen molar-refractivity contribution in [3.05, 3.63) is 0 Å². The van der Waals surface area contributed by atoms with E-state index in [0.717, 1.165) is 18.9 Å². The Bertz CT molecular complexity index is 169. The first-order chi connectivity index (χ1) is 7.10. The van der Waals surface area contributed by atoms with Crippen LogP contribution in [0.15, 0.2) is 0 Å². The molecule has 3 heteroatoms. The third kappa shape index (κ3) is 8.43. The molecule has 0 aromatic rings. The van der Waals surface area contributed by atoms with Crippen LogP contribution in [0.2, 0.25) is 0 Å². The molecule has 0 fully saturated rings. The molecule has 1 atom stereocenters. The van der Waals surface area contributed by atoms with Crippen LogP contribution in [0.5, 0.6) is 0 Å². The molecule has 0 saturated carbocycles. The second-order valence-corrected chi connectivity index (χ2v) is 4.34. The van der Waals surface area contributed by atoms with Gasteiger partial charge in [0.25, 0.3) is 0 Å². The van der Waals surface area contributed by atoms with Crippen molar-refractivity contribution in [1.82, 2.24) is 5.32 Å². The minimum absolute atomic E-state index is 0.156. The van der Waals surface area contributed by atoms with Gasteiger partial charge < -0.3 is 10.1 Å². The lowest BCUT2D eigenvalue weighted by Crippen LogP contribution is -2.29. The highest BCUT2D eigenvalue weighted by Crippen LogP contribution is 2.13. The number of ether oxygens (including phenoxy) is 1. The molecule has 0 heterocycles. The summed E-state index contributed by atoms with van der Waals surface area (Å²) in [6, 6.07) is 0. The van der Waals surface area contributed by atoms with Crippen molar-refractivity contribution in [3.63, 3.8) is 0 Å². The van der Waals surface area contributed by atoms with Crippen LogP contribution >= 0.6 is 0 Å². The number of hydrogen-bond acceptors (Lipinski definition) is 3. The van der Waals surface area contributed by atoms with Crippen molar-refractivity contribution in [2.45, 2.75) is 40.5 Å². The summed E-state index contributed by atoms with van der Waals surface area (Å²) in [6.07, 6.45) is 2.38. The molecule has 0 radical (unpaired) electrons. The average Bonchev–Trinajstić information content (AvgIpc) is 2.16. The van der Waals surface area contributed by atoms with Crippen LogP contribution in [0.25, 0.3) is 0 Å². The van der Waals surface area contributed by atoms with E-state index in [0.29, 0.717) is 19.1 Å². The summed E-state index contributed by atoms with van der Waals surface area (Å²) in [4.78, 5) is 11.1. The van der Waals surface area contributed by atoms with Crippen LogP contribution in [0, 0.1) is 11.8 Å². The van der Waals surface area contributed by atoms with Crippen molar-refractivity contribution in [2.24, 2.45) is 11.8 Å². The zero-order valence-corrected chi connectivity index (χ0v) is 10.5. The van der Waals surface area contributed by atoms with Gasteiger partial charge in [-0.1, -0.05) is 27.2 Å². The van der Waals surface area contributed by atoms with Crippen LogP contribution in [-0.4, -0.2) is 25.7 Å². The number of carbonyl (C=O) groups is 1. The molecule has 0 spiro atoms. The summed E-state index contributed by atoms with van der Waals surface area (Å²) in [6.45, 7) is 10.2. The fraction of sp³-hybridized carbons (Fsp3) is 0.917. The van der Waals surface area contributed by atoms with E-state index in [9.17, 15) is 4.79 Å². The van der Waals surface area contributed by atoms with Gasteiger partial charge in [-0.3, -0.25) is 4.79 Å². The highest BCUT2D eigenvalue weighted by molar-refractivity contribution is 5.71. The van der Waals surface area contributed by atoms with E-state index in [1.165, 1.54) is 6.42 Å². The number of nitrogens with one attached hydrogen (secondary N) is 1. The van der Waals surface area contributed by atoms with Crippen molar-refractivity contribution in [3.8, 4) is 0 Å². The zero-order chi connectivity index (χ0) is 11.7. The van der Waals surface area contributed by atoms with E-state index >= 15 is 0 Å². The molecule has 3 nitrogen and oxygen atoms in total. The lowest BCUT2D eigenvalue weighted by molar-refractivity contribution is -0.142. The van der Waals surface area contributed by atoms with Crippen LogP contribution in [0.4, 0.5) is 0 Å². The molecule has 0 amide bonds. The molecule has 0 aromatic carbocycles. The molecule has 0 aliphatic carbocycles. The fourth-order valence-electron chi connectivity index (χ4n) is 1.65. The van der Waals surface area contributed by atoms with Gasteiger partial charge in [0.1, 0.15) is 0 Å². The molecule has 0 rings (SSSR count). The lowest BCUT2D eigenvalue weighted by atomic mass is 9.95. The second-order valence-electron chi connectivity index (χ2n) is 4.34. The van der Waals surface area contributed by atoms with Gasteiger partial charge >= 0.3 is 5.97 Å². The van der Waals surface area contributed by atoms with Gasteiger partial charge in [-0.15, -0.1) is 0 Å². The predicted octanol–water partition coefficient (Wildman–Crippen LogP) is 2.21. The molecule has 15 heavy (non-hydrogen) atoms. The Hall–Kier alpha value is -0.570. The predicted molar refractivity (Wildman–Crippen MR) is 62.7 cm³/mol. The number of hydrogen-bond donors (Lipinski definition) is 1. The third-order valence-electron chi connectivity index (χ3n) is 2.39. The van der Waals surface area contributed by atoms with Crippen LogP contribution in [0.3, 0.4) is 0 Å². The summed E-state index contributed by atoms with van der Waals surface area (Å²) in [5.74, 6) is 1.23. The summed E-state index contributed by atoms with van der Waals surface area (Å²) >= 11 is 0. The topological polar surface area (TPSA) is 38.3 Å². The monoisotopic (exact) mass is 215 g/mol. The third-order valence-corrected chi connectivity index (χ3v) is 2.39. The fourth-order valence-corrected chi connectivity index (χ4v) is 1.65. The van der Waals surface area contributed by atoms with Crippen molar-refractivity contribution >= 4 is 5.97 Å². The molecular weight excluding hydrogens is 190 g/mol. The zero-order valence-electron chi connectivity index (χ0n) is 10.5. The minimum atomic E-state index is -0.156. The first-order valence-electron chi connectivity index (χ1n) is 5.96. The number of rotatable bonds is 8. The molecule has 90 valence electrons. The summed E-state index contributed by atoms with van der Waals surface area (Å²) in [7, 11) is 0. The van der Waals surface area contributed by atoms with E-state index < -0.39 is 0 Å². The highest BCUT2D eigenvalue weighted by Gasteiger charge is 2.09. The quantitative estimate of drug-likeness (QED) is 0.631. The number of carbonyl (C=O) groups excluding carboxylic acids is 1. The molecular formula is C12H25NO2. The Labute approximate surface area is 93.6 Å². The van der Waals surface area contributed by atoms with Gasteiger partial charge in [0.05, 0.1) is 13.2 Å². The summed E-state index contributed by atoms with van der Waals surface area (Å²) in [5, 5.41) is 3.15. The van der Waals surface area contributed by atoms with Gasteiger partial charge in [0.2, 0.25) is 0 Å². The Morgan fingerprint density at radius 2 is 2.00 bits per heavy atom. The Morgan fingerprint density at radius 1 is 1.33 bits per heavy atom. The van der Waals surface area contributed by atoms with Gasteiger partial charge in [-0.25, -0.2) is 0 Å². The van der Waals surface area contributed by atoms with Crippen LogP contribution < -0.4 is 5.32 Å². The van der Waals surface area contributed by atoms with E-state index in [-0.39, 0.29) is 5.97 Å². The molecule has 0 aliphatic heterocycles. The van der Waals surface area contributed by atoms with E-state index in [4.69, 9.17) is 4.74 Å². The normalized spacial score (nSPS) is 12.9. The highest BCUT2D eigenvalue weighted by atomic mass is 16.5. The SMILES string of the molecule is CCOC(=O)CNCC(CC)CC(C)C. The van der Waals surface area contributed by atoms with Gasteiger partial charge in [-0.2, -0.15) is 0 Å². The van der Waals surface area contributed by atoms with Crippen molar-refractivity contribution in [2.75, 3.05) is 19.7 Å². The molecule has 1 unspecified atom stereocenters. The molecule has 0 saturated heterocycles. The molecule has 0 bridgehead atoms. The Morgan fingerprint density at radius 3 is 2.47 bits per heavy atom. The van der Waals surface area contributed by atoms with Gasteiger partial charge in [-0.05, 0) is 31.7 Å². The second kappa shape index (κ2) is 8.72. The standard InChI is InChI=1S/C12H25NO2/c1-5-11(7-10(3)4)8-13-9-12(14)15-6-2/h10-11,13H,5-9H2,1-4H3. The number of esters is 1. The van der Waals surface area contributed by atoms with E-state index in [1.807, 2.05) is 6.92 Å². The average molecular weight is 215 g/mol.